The van der Waals surface area contributed by atoms with Crippen molar-refractivity contribution in [2.45, 2.75) is 12.0 Å². The molecule has 2 heterocycles. The van der Waals surface area contributed by atoms with E-state index < -0.39 is 17.8 Å². The maximum atomic E-state index is 12.6. The number of carboxylic acids is 1. The molecule has 2 aliphatic rings. The zero-order valence-corrected chi connectivity index (χ0v) is 10.9. The largest absolute Gasteiger partial charge is 0.481 e. The van der Waals surface area contributed by atoms with Gasteiger partial charge in [-0.25, -0.2) is 0 Å². The summed E-state index contributed by atoms with van der Waals surface area (Å²) in [6.07, 6.45) is 0. The van der Waals surface area contributed by atoms with Crippen molar-refractivity contribution in [2.75, 3.05) is 24.7 Å². The fraction of sp³-hybridized carbons (Fsp3) is 0.429. The average molecular weight is 276 g/mol. The highest BCUT2D eigenvalue weighted by atomic mass is 16.5. The van der Waals surface area contributed by atoms with Gasteiger partial charge in [-0.1, -0.05) is 18.2 Å². The predicted octanol–water partition coefficient (Wildman–Crippen LogP) is 0.175. The molecular formula is C14H16N2O4. The van der Waals surface area contributed by atoms with Crippen LogP contribution in [0.25, 0.3) is 0 Å². The molecule has 6 nitrogen and oxygen atoms in total. The summed E-state index contributed by atoms with van der Waals surface area (Å²) in [6, 6.07) is 6.80. The van der Waals surface area contributed by atoms with E-state index >= 15 is 0 Å². The molecule has 0 saturated carbocycles. The Morgan fingerprint density at radius 2 is 2.05 bits per heavy atom. The second-order valence-corrected chi connectivity index (χ2v) is 5.21. The van der Waals surface area contributed by atoms with E-state index in [1.54, 1.807) is 24.3 Å². The molecule has 1 amide bonds. The molecule has 1 aromatic rings. The minimum Gasteiger partial charge on any atom is -0.481 e. The monoisotopic (exact) mass is 276 g/mol. The van der Waals surface area contributed by atoms with Gasteiger partial charge in [-0.05, 0) is 11.6 Å². The van der Waals surface area contributed by atoms with Crippen molar-refractivity contribution >= 4 is 17.6 Å². The van der Waals surface area contributed by atoms with Crippen LogP contribution >= 0.6 is 0 Å². The number of nitrogens with zero attached hydrogens (tertiary/aromatic N) is 1. The lowest BCUT2D eigenvalue weighted by Crippen LogP contribution is -2.43. The summed E-state index contributed by atoms with van der Waals surface area (Å²) in [5.41, 5.74) is 7.22. The van der Waals surface area contributed by atoms with E-state index in [2.05, 4.69) is 0 Å². The van der Waals surface area contributed by atoms with Crippen LogP contribution in [0, 0.1) is 5.92 Å². The summed E-state index contributed by atoms with van der Waals surface area (Å²) >= 11 is 0. The van der Waals surface area contributed by atoms with Gasteiger partial charge >= 0.3 is 5.97 Å². The molecule has 3 unspecified atom stereocenters. The van der Waals surface area contributed by atoms with Crippen molar-refractivity contribution in [3.63, 3.8) is 0 Å². The number of carboxylic acid groups (broad SMARTS) is 1. The lowest BCUT2D eigenvalue weighted by atomic mass is 10.0. The Labute approximate surface area is 116 Å². The number of nitrogens with two attached hydrogens (primary N) is 1. The zero-order chi connectivity index (χ0) is 14.3. The first-order valence-corrected chi connectivity index (χ1v) is 6.56. The minimum absolute atomic E-state index is 0.147. The van der Waals surface area contributed by atoms with Crippen LogP contribution in [0.2, 0.25) is 0 Å². The molecule has 3 rings (SSSR count). The summed E-state index contributed by atoms with van der Waals surface area (Å²) < 4.78 is 5.22. The van der Waals surface area contributed by atoms with E-state index in [1.807, 2.05) is 0 Å². The van der Waals surface area contributed by atoms with Crippen LogP contribution in [-0.2, 0) is 14.3 Å². The Hall–Kier alpha value is -1.92. The van der Waals surface area contributed by atoms with Gasteiger partial charge in [0.2, 0.25) is 5.91 Å². The molecule has 6 heteroatoms. The number of anilines is 1. The minimum atomic E-state index is -0.917. The van der Waals surface area contributed by atoms with Crippen LogP contribution in [0.3, 0.4) is 0 Å². The number of carbonyl (C=O) groups excluding carboxylic acids is 1. The van der Waals surface area contributed by atoms with Crippen molar-refractivity contribution in [3.05, 3.63) is 29.8 Å². The lowest BCUT2D eigenvalue weighted by Gasteiger charge is -2.22. The molecule has 1 saturated heterocycles. The van der Waals surface area contributed by atoms with Gasteiger partial charge in [-0.3, -0.25) is 9.59 Å². The van der Waals surface area contributed by atoms with Gasteiger partial charge in [0.15, 0.2) is 0 Å². The molecule has 0 spiro atoms. The second-order valence-electron chi connectivity index (χ2n) is 5.21. The Bertz CT molecular complexity index is 560. The number of benzene rings is 1. The third-order valence-electron chi connectivity index (χ3n) is 3.97. The number of fused-ring (bicyclic) bond motifs is 1. The normalized spacial score (nSPS) is 28.4. The van der Waals surface area contributed by atoms with E-state index in [4.69, 9.17) is 10.5 Å². The van der Waals surface area contributed by atoms with Crippen LogP contribution in [-0.4, -0.2) is 42.8 Å². The molecule has 0 aromatic heterocycles. The number of rotatable bonds is 2. The van der Waals surface area contributed by atoms with Crippen LogP contribution in [0.5, 0.6) is 0 Å². The highest BCUT2D eigenvalue weighted by molar-refractivity contribution is 6.00. The van der Waals surface area contributed by atoms with Gasteiger partial charge in [0.05, 0.1) is 19.1 Å². The zero-order valence-electron chi connectivity index (χ0n) is 10.9. The smallest absolute Gasteiger partial charge is 0.312 e. The van der Waals surface area contributed by atoms with Crippen molar-refractivity contribution in [1.82, 2.24) is 0 Å². The Morgan fingerprint density at radius 3 is 2.70 bits per heavy atom. The fourth-order valence-electron chi connectivity index (χ4n) is 2.85. The average Bonchev–Trinajstić information content (AvgIpc) is 3.01. The number of hydrogen-bond acceptors (Lipinski definition) is 4. The maximum Gasteiger partial charge on any atom is 0.312 e. The topological polar surface area (TPSA) is 92.9 Å². The Morgan fingerprint density at radius 1 is 1.30 bits per heavy atom. The predicted molar refractivity (Wildman–Crippen MR) is 71.5 cm³/mol. The highest BCUT2D eigenvalue weighted by Crippen LogP contribution is 2.37. The molecule has 2 aliphatic heterocycles. The molecule has 0 bridgehead atoms. The van der Waals surface area contributed by atoms with Gasteiger partial charge in [-0.15, -0.1) is 0 Å². The van der Waals surface area contributed by atoms with Crippen molar-refractivity contribution < 1.29 is 19.4 Å². The Kier molecular flexibility index (Phi) is 3.19. The van der Waals surface area contributed by atoms with E-state index in [0.717, 1.165) is 0 Å². The quantitative estimate of drug-likeness (QED) is 0.803. The number of aliphatic carboxylic acids is 1. The van der Waals surface area contributed by atoms with Crippen LogP contribution < -0.4 is 10.6 Å². The van der Waals surface area contributed by atoms with Gasteiger partial charge in [0.25, 0.3) is 0 Å². The van der Waals surface area contributed by atoms with E-state index in [-0.39, 0.29) is 18.5 Å². The SMILES string of the molecule is NC1COCC1C(=O)N1CC(C(=O)O)c2ccccc21. The molecule has 3 N–H and O–H groups in total. The van der Waals surface area contributed by atoms with Crippen LogP contribution in [0.4, 0.5) is 5.69 Å². The standard InChI is InChI=1S/C14H16N2O4/c15-11-7-20-6-10(11)13(17)16-5-9(14(18)19)8-3-1-2-4-12(8)16/h1-4,9-11H,5-7,15H2,(H,18,19). The maximum absolute atomic E-state index is 12.6. The number of para-hydroxylation sites is 1. The number of carbonyl (C=O) groups is 2. The molecule has 0 radical (unpaired) electrons. The van der Waals surface area contributed by atoms with Crippen LogP contribution in [0.1, 0.15) is 11.5 Å². The van der Waals surface area contributed by atoms with Gasteiger partial charge in [0, 0.05) is 18.3 Å². The molecule has 1 fully saturated rings. The summed E-state index contributed by atoms with van der Waals surface area (Å²) in [7, 11) is 0. The van der Waals surface area contributed by atoms with Crippen LogP contribution in [0.15, 0.2) is 24.3 Å². The highest BCUT2D eigenvalue weighted by Gasteiger charge is 2.41. The fourth-order valence-corrected chi connectivity index (χ4v) is 2.85. The van der Waals surface area contributed by atoms with Gasteiger partial charge < -0.3 is 20.5 Å². The second kappa shape index (κ2) is 4.88. The first-order chi connectivity index (χ1) is 9.59. The number of amides is 1. The summed E-state index contributed by atoms with van der Waals surface area (Å²) in [5, 5.41) is 9.29. The van der Waals surface area contributed by atoms with Gasteiger partial charge in [0.1, 0.15) is 5.92 Å². The first kappa shape index (κ1) is 13.1. The van der Waals surface area contributed by atoms with Crippen molar-refractivity contribution in [2.24, 2.45) is 11.7 Å². The van der Waals surface area contributed by atoms with E-state index in [1.165, 1.54) is 4.90 Å². The number of ether oxygens (including phenoxy) is 1. The van der Waals surface area contributed by atoms with Crippen molar-refractivity contribution in [3.8, 4) is 0 Å². The summed E-state index contributed by atoms with van der Waals surface area (Å²) in [5.74, 6) is -2.13. The van der Waals surface area contributed by atoms with Crippen molar-refractivity contribution in [1.29, 1.82) is 0 Å². The third-order valence-corrected chi connectivity index (χ3v) is 3.97. The summed E-state index contributed by atoms with van der Waals surface area (Å²) in [4.78, 5) is 25.4. The van der Waals surface area contributed by atoms with E-state index in [9.17, 15) is 14.7 Å². The summed E-state index contributed by atoms with van der Waals surface area (Å²) in [6.45, 7) is 0.835. The lowest BCUT2D eigenvalue weighted by molar-refractivity contribution is -0.138. The molecule has 3 atom stereocenters. The first-order valence-electron chi connectivity index (χ1n) is 6.56. The third kappa shape index (κ3) is 1.97. The molecule has 0 aliphatic carbocycles. The molecule has 1 aromatic carbocycles. The van der Waals surface area contributed by atoms with Gasteiger partial charge in [-0.2, -0.15) is 0 Å². The van der Waals surface area contributed by atoms with E-state index in [0.29, 0.717) is 24.5 Å². The number of hydrogen-bond donors (Lipinski definition) is 2. The molecule has 20 heavy (non-hydrogen) atoms. The Balaban J connectivity index is 1.92. The molecular weight excluding hydrogens is 260 g/mol. The molecule has 106 valence electrons.